The van der Waals surface area contributed by atoms with E-state index < -0.39 is 18.0 Å². The number of amides is 2. The number of ether oxygens (including phenoxy) is 1. The summed E-state index contributed by atoms with van der Waals surface area (Å²) in [5.74, 6) is -0.665. The lowest BCUT2D eigenvalue weighted by atomic mass is 10.0. The van der Waals surface area contributed by atoms with Crippen molar-refractivity contribution >= 4 is 46.7 Å². The molecule has 2 amide bonds. The number of allylic oxidation sites excluding steroid dienone is 2. The molecule has 0 unspecified atom stereocenters. The van der Waals surface area contributed by atoms with E-state index in [1.54, 1.807) is 43.3 Å². The Kier molecular flexibility index (Phi) is 7.52. The average Bonchev–Trinajstić information content (AvgIpc) is 2.88. The number of nitrogens with one attached hydrogen (secondary N) is 1. The molecule has 2 heterocycles. The zero-order valence-corrected chi connectivity index (χ0v) is 20.4. The van der Waals surface area contributed by atoms with Gasteiger partial charge in [0.2, 0.25) is 0 Å². The van der Waals surface area contributed by atoms with E-state index in [0.717, 1.165) is 6.07 Å². The van der Waals surface area contributed by atoms with E-state index >= 15 is 0 Å². The predicted octanol–water partition coefficient (Wildman–Crippen LogP) is 5.82. The van der Waals surface area contributed by atoms with E-state index in [1.807, 2.05) is 6.07 Å². The molecule has 0 aliphatic carbocycles. The van der Waals surface area contributed by atoms with Crippen LogP contribution in [-0.4, -0.2) is 33.5 Å². The van der Waals surface area contributed by atoms with Crippen molar-refractivity contribution in [3.63, 3.8) is 0 Å². The number of hydrogen-bond acceptors (Lipinski definition) is 6. The molecule has 0 saturated carbocycles. The molecule has 1 atom stereocenters. The maximum absolute atomic E-state index is 13.9. The van der Waals surface area contributed by atoms with Crippen molar-refractivity contribution in [1.29, 1.82) is 0 Å². The molecule has 1 aliphatic rings. The topological polar surface area (TPSA) is 110 Å². The number of benzene rings is 2. The number of ketones is 1. The van der Waals surface area contributed by atoms with Gasteiger partial charge in [-0.3, -0.25) is 15.0 Å². The second-order valence-electron chi connectivity index (χ2n) is 7.75. The van der Waals surface area contributed by atoms with Gasteiger partial charge < -0.3 is 10.5 Å². The number of Topliss-reactive ketones (excluding diaryl/α,β-unsaturated/α-hetero) is 1. The van der Waals surface area contributed by atoms with Crippen LogP contribution in [-0.2, 0) is 0 Å². The van der Waals surface area contributed by atoms with E-state index in [9.17, 15) is 14.0 Å². The van der Waals surface area contributed by atoms with Gasteiger partial charge in [-0.25, -0.2) is 9.18 Å². The van der Waals surface area contributed by atoms with Gasteiger partial charge in [0.25, 0.3) is 0 Å². The molecule has 184 valence electrons. The largest absolute Gasteiger partial charge is 0.482 e. The molecule has 11 heteroatoms. The van der Waals surface area contributed by atoms with Crippen LogP contribution in [0.3, 0.4) is 0 Å². The molecule has 1 aliphatic heterocycles. The quantitative estimate of drug-likeness (QED) is 0.309. The first-order valence-corrected chi connectivity index (χ1v) is 11.5. The highest BCUT2D eigenvalue weighted by Gasteiger charge is 2.21. The summed E-state index contributed by atoms with van der Waals surface area (Å²) < 4.78 is 19.7. The second kappa shape index (κ2) is 10.8. The van der Waals surface area contributed by atoms with E-state index in [2.05, 4.69) is 15.5 Å². The third kappa shape index (κ3) is 5.48. The molecule has 36 heavy (non-hydrogen) atoms. The Morgan fingerprint density at radius 3 is 2.61 bits per heavy atom. The molecule has 0 radical (unpaired) electrons. The van der Waals surface area contributed by atoms with Crippen molar-refractivity contribution in [3.8, 4) is 5.75 Å². The van der Waals surface area contributed by atoms with E-state index in [0.29, 0.717) is 11.1 Å². The molecular weight excluding hydrogens is 508 g/mol. The number of hydrogen-bond donors (Lipinski definition) is 2. The van der Waals surface area contributed by atoms with E-state index in [1.165, 1.54) is 23.2 Å². The van der Waals surface area contributed by atoms with Gasteiger partial charge >= 0.3 is 6.03 Å². The van der Waals surface area contributed by atoms with Crippen molar-refractivity contribution in [3.05, 3.63) is 99.4 Å². The third-order valence-corrected chi connectivity index (χ3v) is 6.03. The summed E-state index contributed by atoms with van der Waals surface area (Å²) in [5.41, 5.74) is 7.16. The highest BCUT2D eigenvalue weighted by molar-refractivity contribution is 6.36. The number of aromatic nitrogens is 2. The first kappa shape index (κ1) is 25.2. The van der Waals surface area contributed by atoms with Crippen molar-refractivity contribution in [2.75, 3.05) is 17.6 Å². The summed E-state index contributed by atoms with van der Waals surface area (Å²) in [6, 6.07) is 12.3. The van der Waals surface area contributed by atoms with E-state index in [-0.39, 0.29) is 45.3 Å². The van der Waals surface area contributed by atoms with Crippen LogP contribution >= 0.6 is 23.2 Å². The molecule has 8 nitrogen and oxygen atoms in total. The minimum atomic E-state index is -0.786. The summed E-state index contributed by atoms with van der Waals surface area (Å²) in [5, 5.41) is 10.3. The van der Waals surface area contributed by atoms with Crippen LogP contribution in [0, 0.1) is 5.82 Å². The van der Waals surface area contributed by atoms with Crippen LogP contribution in [0.4, 0.5) is 20.8 Å². The predicted molar refractivity (Wildman–Crippen MR) is 136 cm³/mol. The van der Waals surface area contributed by atoms with Gasteiger partial charge in [0.1, 0.15) is 11.9 Å². The van der Waals surface area contributed by atoms with Crippen LogP contribution in [0.25, 0.3) is 0 Å². The Bertz CT molecular complexity index is 1380. The van der Waals surface area contributed by atoms with Crippen LogP contribution < -0.4 is 15.8 Å². The number of rotatable bonds is 6. The zero-order valence-electron chi connectivity index (χ0n) is 18.9. The summed E-state index contributed by atoms with van der Waals surface area (Å²) in [4.78, 5) is 26.6. The first-order chi connectivity index (χ1) is 17.2. The minimum Gasteiger partial charge on any atom is -0.482 e. The molecule has 4 rings (SSSR count). The SMILES string of the molecule is C[C@@H](Oc1cc(NC(=O)N2C=CC(C(=O)c3ccccc3)=CC2)nnc1N)c1c(Cl)ccc(F)c1Cl. The Labute approximate surface area is 216 Å². The van der Waals surface area contributed by atoms with Crippen molar-refractivity contribution in [1.82, 2.24) is 15.1 Å². The maximum Gasteiger partial charge on any atom is 0.327 e. The molecule has 3 aromatic rings. The summed E-state index contributed by atoms with van der Waals surface area (Å²) in [6.45, 7) is 1.79. The minimum absolute atomic E-state index is 0.0478. The number of carbonyl (C=O) groups is 2. The molecular formula is C25H20Cl2FN5O3. The number of halogens is 3. The fraction of sp³-hybridized carbons (Fsp3) is 0.120. The number of anilines is 2. The Balaban J connectivity index is 1.43. The Morgan fingerprint density at radius 1 is 1.17 bits per heavy atom. The van der Waals surface area contributed by atoms with Gasteiger partial charge in [-0.2, -0.15) is 0 Å². The number of nitrogen functional groups attached to an aromatic ring is 1. The monoisotopic (exact) mass is 527 g/mol. The second-order valence-corrected chi connectivity index (χ2v) is 8.53. The van der Waals surface area contributed by atoms with Crippen molar-refractivity contribution in [2.24, 2.45) is 0 Å². The lowest BCUT2D eigenvalue weighted by Crippen LogP contribution is -2.32. The standard InChI is InChI=1S/C25H20Cl2FN5O3/c1-14(21-17(26)7-8-18(28)22(21)27)36-19-13-20(31-32-24(19)29)30-25(35)33-11-9-16(10-12-33)23(34)15-5-3-2-4-6-15/h2-11,13-14H,12H2,1H3,(H2,29,32)(H,30,31,35)/t14-/m1/s1. The van der Waals surface area contributed by atoms with Crippen LogP contribution in [0.1, 0.15) is 28.9 Å². The van der Waals surface area contributed by atoms with Crippen LogP contribution in [0.2, 0.25) is 10.0 Å². The fourth-order valence-corrected chi connectivity index (χ4v) is 4.13. The summed E-state index contributed by atoms with van der Waals surface area (Å²) in [7, 11) is 0. The molecule has 1 aromatic heterocycles. The highest BCUT2D eigenvalue weighted by Crippen LogP contribution is 2.36. The Hall–Kier alpha value is -3.95. The van der Waals surface area contributed by atoms with Crippen LogP contribution in [0.5, 0.6) is 5.75 Å². The normalized spacial score (nSPS) is 13.7. The van der Waals surface area contributed by atoms with Crippen molar-refractivity contribution < 1.29 is 18.7 Å². The first-order valence-electron chi connectivity index (χ1n) is 10.7. The van der Waals surface area contributed by atoms with Crippen LogP contribution in [0.15, 0.2) is 72.5 Å². The fourth-order valence-electron chi connectivity index (χ4n) is 3.46. The summed E-state index contributed by atoms with van der Waals surface area (Å²) in [6.07, 6.45) is 3.94. The van der Waals surface area contributed by atoms with Gasteiger partial charge in [-0.15, -0.1) is 10.2 Å². The highest BCUT2D eigenvalue weighted by atomic mass is 35.5. The number of nitrogens with two attached hydrogens (primary N) is 1. The molecule has 0 fully saturated rings. The molecule has 2 aromatic carbocycles. The van der Waals surface area contributed by atoms with Gasteiger partial charge in [-0.1, -0.05) is 59.6 Å². The number of nitrogens with zero attached hydrogens (tertiary/aromatic N) is 3. The summed E-state index contributed by atoms with van der Waals surface area (Å²) >= 11 is 12.2. The number of carbonyl (C=O) groups excluding carboxylic acids is 2. The third-order valence-electron chi connectivity index (χ3n) is 5.31. The van der Waals surface area contributed by atoms with Gasteiger partial charge in [-0.05, 0) is 25.1 Å². The van der Waals surface area contributed by atoms with Gasteiger partial charge in [0, 0.05) is 40.5 Å². The average molecular weight is 528 g/mol. The molecule has 3 N–H and O–H groups in total. The Morgan fingerprint density at radius 2 is 1.92 bits per heavy atom. The van der Waals surface area contributed by atoms with Crippen molar-refractivity contribution in [2.45, 2.75) is 13.0 Å². The molecule has 0 saturated heterocycles. The molecule has 0 spiro atoms. The lowest BCUT2D eigenvalue weighted by Gasteiger charge is -2.21. The number of urea groups is 1. The zero-order chi connectivity index (χ0) is 25.8. The molecule has 0 bridgehead atoms. The van der Waals surface area contributed by atoms with Gasteiger partial charge in [0.15, 0.2) is 23.2 Å². The van der Waals surface area contributed by atoms with E-state index in [4.69, 9.17) is 33.7 Å². The smallest absolute Gasteiger partial charge is 0.327 e. The lowest BCUT2D eigenvalue weighted by molar-refractivity contribution is 0.103. The maximum atomic E-state index is 13.9. The van der Waals surface area contributed by atoms with Gasteiger partial charge in [0.05, 0.1) is 5.02 Å².